The molecule has 10 rings (SSSR count). The molecule has 1 unspecified atom stereocenters. The number of amides is 4. The molecule has 3 aromatic carbocycles. The van der Waals surface area contributed by atoms with Crippen molar-refractivity contribution >= 4 is 41.0 Å². The summed E-state index contributed by atoms with van der Waals surface area (Å²) in [7, 11) is 0. The lowest BCUT2D eigenvalue weighted by Crippen LogP contribution is -2.54. The van der Waals surface area contributed by atoms with Crippen molar-refractivity contribution in [2.75, 3.05) is 129 Å². The van der Waals surface area contributed by atoms with E-state index < -0.39 is 29.7 Å². The molecule has 0 saturated carbocycles. The monoisotopic (exact) mass is 999 g/mol. The Labute approximate surface area is 426 Å². The molecule has 4 aromatic rings. The normalized spacial score (nSPS) is 22.4. The third-order valence-corrected chi connectivity index (χ3v) is 14.5. The van der Waals surface area contributed by atoms with Crippen LogP contribution in [0.5, 0.6) is 5.75 Å². The number of carbonyl (C=O) groups is 4. The smallest absolute Gasteiger partial charge is 0.264 e. The largest absolute Gasteiger partial charge is 0.492 e. The van der Waals surface area contributed by atoms with E-state index in [2.05, 4.69) is 52.7 Å². The molecule has 7 heterocycles. The number of nitrogens with zero attached hydrogens (tertiary/aromatic N) is 7. The van der Waals surface area contributed by atoms with Crippen molar-refractivity contribution in [1.82, 2.24) is 39.8 Å². The highest BCUT2D eigenvalue weighted by atomic mass is 16.5. The number of piperazine rings is 2. The molecule has 3 N–H and O–H groups in total. The Balaban J connectivity index is 0.581. The first-order valence-corrected chi connectivity index (χ1v) is 25.8. The maximum absolute atomic E-state index is 13.4. The standard InChI is InChI=1S/C54H66N10O9/c65-49-12-10-47(51(66)59-49)64-52(67)44-7-4-8-46(50(44)53(64)68)55-15-26-69-28-22-62-34-43-33-42(62)35-63(43)23-29-70-27-20-60-16-18-61(19-17-60)21-30-73-48-11-9-41-32-40(48)37-72-25-2-1-24-71-36-38-5-3-6-39(31-38)45-13-14-56-54(57-41)58-45/h1-9,11,13-14,31-32,42-43,47,55H,10,12,15-30,33-37H2,(H,56,57,58)(H,59,65,66)/b2-1+/t42-,43-,47?/m0/s1. The molecule has 19 nitrogen and oxygen atoms in total. The van der Waals surface area contributed by atoms with Crippen LogP contribution in [0, 0.1) is 0 Å². The van der Waals surface area contributed by atoms with Gasteiger partial charge in [-0.15, -0.1) is 0 Å². The van der Waals surface area contributed by atoms with Gasteiger partial charge in [0.1, 0.15) is 18.4 Å². The minimum absolute atomic E-state index is 0.0798. The summed E-state index contributed by atoms with van der Waals surface area (Å²) < 4.78 is 30.5. The minimum Gasteiger partial charge on any atom is -0.492 e. The summed E-state index contributed by atoms with van der Waals surface area (Å²) in [5, 5.41) is 8.86. The lowest BCUT2D eigenvalue weighted by Gasteiger charge is -2.35. The summed E-state index contributed by atoms with van der Waals surface area (Å²) in [5.74, 6) is -0.746. The fourth-order valence-corrected chi connectivity index (χ4v) is 10.6. The number of rotatable bonds is 18. The fraction of sp³-hybridized carbons (Fsp3) is 0.481. The van der Waals surface area contributed by atoms with Gasteiger partial charge in [-0.05, 0) is 60.9 Å². The fourth-order valence-electron chi connectivity index (χ4n) is 10.6. The number of hydrogen-bond acceptors (Lipinski definition) is 17. The molecule has 6 aliphatic heterocycles. The van der Waals surface area contributed by atoms with Gasteiger partial charge in [-0.3, -0.25) is 49.0 Å². The van der Waals surface area contributed by atoms with Crippen molar-refractivity contribution in [3.63, 3.8) is 0 Å². The van der Waals surface area contributed by atoms with Gasteiger partial charge in [0, 0.05) is 119 Å². The summed E-state index contributed by atoms with van der Waals surface area (Å²) >= 11 is 0. The molecule has 1 aromatic heterocycles. The number of ether oxygens (including phenoxy) is 5. The Morgan fingerprint density at radius 3 is 2.22 bits per heavy atom. The zero-order valence-electron chi connectivity index (χ0n) is 41.4. The van der Waals surface area contributed by atoms with Crippen LogP contribution in [0.3, 0.4) is 0 Å². The summed E-state index contributed by atoms with van der Waals surface area (Å²) in [6, 6.07) is 21.3. The van der Waals surface area contributed by atoms with E-state index in [9.17, 15) is 19.2 Å². The van der Waals surface area contributed by atoms with Gasteiger partial charge in [0.05, 0.1) is 69.7 Å². The summed E-state index contributed by atoms with van der Waals surface area (Å²) in [5.41, 5.74) is 5.77. The molecule has 6 aliphatic rings. The molecule has 0 radical (unpaired) electrons. The first kappa shape index (κ1) is 50.4. The van der Waals surface area contributed by atoms with E-state index in [0.717, 1.165) is 117 Å². The van der Waals surface area contributed by atoms with E-state index in [-0.39, 0.29) is 24.0 Å². The van der Waals surface area contributed by atoms with Crippen LogP contribution in [0.1, 0.15) is 51.1 Å². The van der Waals surface area contributed by atoms with Crippen LogP contribution < -0.4 is 20.7 Å². The van der Waals surface area contributed by atoms with Gasteiger partial charge in [0.15, 0.2) is 0 Å². The number of piperidine rings is 1. The molecule has 4 fully saturated rings. The third kappa shape index (κ3) is 12.6. The Bertz CT molecular complexity index is 2630. The highest BCUT2D eigenvalue weighted by Gasteiger charge is 2.46. The van der Waals surface area contributed by atoms with Crippen molar-refractivity contribution in [3.8, 4) is 17.0 Å². The van der Waals surface area contributed by atoms with Crippen LogP contribution in [0.25, 0.3) is 11.3 Å². The van der Waals surface area contributed by atoms with Crippen LogP contribution in [-0.2, 0) is 41.8 Å². The van der Waals surface area contributed by atoms with Crippen molar-refractivity contribution in [3.05, 3.63) is 107 Å². The number of fused-ring (bicyclic) bond motifs is 10. The molecule has 73 heavy (non-hydrogen) atoms. The zero-order valence-corrected chi connectivity index (χ0v) is 41.4. The number of aromatic nitrogens is 2. The highest BCUT2D eigenvalue weighted by molar-refractivity contribution is 6.25. The van der Waals surface area contributed by atoms with E-state index in [0.29, 0.717) is 76.5 Å². The van der Waals surface area contributed by atoms with Gasteiger partial charge in [0.25, 0.3) is 11.8 Å². The lowest BCUT2D eigenvalue weighted by molar-refractivity contribution is -0.136. The van der Waals surface area contributed by atoms with Gasteiger partial charge in [-0.25, -0.2) is 9.97 Å². The van der Waals surface area contributed by atoms with Crippen LogP contribution >= 0.6 is 0 Å². The molecule has 4 saturated heterocycles. The van der Waals surface area contributed by atoms with Gasteiger partial charge < -0.3 is 34.3 Å². The number of anilines is 3. The molecule has 4 amide bonds. The number of nitrogens with one attached hydrogen (secondary N) is 3. The van der Waals surface area contributed by atoms with E-state index in [1.165, 1.54) is 6.42 Å². The second-order valence-electron chi connectivity index (χ2n) is 19.3. The maximum atomic E-state index is 13.4. The second kappa shape index (κ2) is 24.2. The van der Waals surface area contributed by atoms with E-state index >= 15 is 0 Å². The van der Waals surface area contributed by atoms with Crippen molar-refractivity contribution in [2.45, 2.75) is 50.6 Å². The van der Waals surface area contributed by atoms with Gasteiger partial charge in [0.2, 0.25) is 17.8 Å². The van der Waals surface area contributed by atoms with Crippen LogP contribution in [0.2, 0.25) is 0 Å². The predicted molar refractivity (Wildman–Crippen MR) is 273 cm³/mol. The topological polar surface area (TPSA) is 192 Å². The maximum Gasteiger partial charge on any atom is 0.264 e. The van der Waals surface area contributed by atoms with Crippen LogP contribution in [0.4, 0.5) is 17.3 Å². The third-order valence-electron chi connectivity index (χ3n) is 14.5. The van der Waals surface area contributed by atoms with E-state index in [4.69, 9.17) is 28.7 Å². The van der Waals surface area contributed by atoms with Crippen molar-refractivity contribution in [1.29, 1.82) is 0 Å². The van der Waals surface area contributed by atoms with Crippen LogP contribution in [0.15, 0.2) is 85.1 Å². The minimum atomic E-state index is -0.997. The lowest BCUT2D eigenvalue weighted by atomic mass is 10.0. The molecule has 3 atom stereocenters. The zero-order chi connectivity index (χ0) is 49.9. The molecule has 386 valence electrons. The number of benzene rings is 3. The second-order valence-corrected chi connectivity index (χ2v) is 19.3. The molecular formula is C54H66N10O9. The number of imide groups is 2. The average Bonchev–Trinajstić information content (AvgIpc) is 4.07. The number of carbonyl (C=O) groups excluding carboxylic acids is 4. The summed E-state index contributed by atoms with van der Waals surface area (Å²) in [6.07, 6.45) is 7.12. The predicted octanol–water partition coefficient (Wildman–Crippen LogP) is 3.79. The first-order valence-electron chi connectivity index (χ1n) is 25.8. The summed E-state index contributed by atoms with van der Waals surface area (Å²) in [4.78, 5) is 70.9. The summed E-state index contributed by atoms with van der Waals surface area (Å²) in [6.45, 7) is 15.1. The van der Waals surface area contributed by atoms with Crippen molar-refractivity contribution in [2.24, 2.45) is 0 Å². The van der Waals surface area contributed by atoms with Gasteiger partial charge in [-0.2, -0.15) is 0 Å². The first-order chi connectivity index (χ1) is 35.8. The molecule has 0 aliphatic carbocycles. The van der Waals surface area contributed by atoms with E-state index in [1.807, 2.05) is 48.6 Å². The molecule has 19 heteroatoms. The number of likely N-dealkylation sites (tertiary alicyclic amines) is 2. The molecular weight excluding hydrogens is 933 g/mol. The molecule has 0 spiro atoms. The average molecular weight is 999 g/mol. The highest BCUT2D eigenvalue weighted by Crippen LogP contribution is 2.33. The van der Waals surface area contributed by atoms with Gasteiger partial charge in [-0.1, -0.05) is 36.4 Å². The van der Waals surface area contributed by atoms with Crippen LogP contribution in [-0.4, -0.2) is 194 Å². The Morgan fingerprint density at radius 1 is 0.726 bits per heavy atom. The molecule has 8 bridgehead atoms. The SMILES string of the molecule is O=C1CCC(N2C(=O)c3cccc(NCCOCCN4C[C@@H]5C[C@H]4CN5CCOCCN4CCN(CCOc5ccc6cc5COC/C=C/COCc5cccc(c5)-c5ccnc(n5)N6)CC4)c3C2=O)C(=O)N1. The quantitative estimate of drug-likeness (QED) is 0.0741. The van der Waals surface area contributed by atoms with Gasteiger partial charge >= 0.3 is 0 Å². The Hall–Kier alpha value is -6.16. The van der Waals surface area contributed by atoms with Crippen molar-refractivity contribution < 1.29 is 42.9 Å². The Morgan fingerprint density at radius 2 is 1.45 bits per heavy atom. The number of hydrogen-bond donors (Lipinski definition) is 3. The Kier molecular flexibility index (Phi) is 16.7. The van der Waals surface area contributed by atoms with E-state index in [1.54, 1.807) is 24.4 Å².